The number of ether oxygens (including phenoxy) is 1. The summed E-state index contributed by atoms with van der Waals surface area (Å²) in [5.41, 5.74) is -0.117. The number of alkyl halides is 2. The lowest BCUT2D eigenvalue weighted by molar-refractivity contribution is -0.176. The van der Waals surface area contributed by atoms with E-state index in [9.17, 15) is 13.6 Å². The van der Waals surface area contributed by atoms with E-state index in [2.05, 4.69) is 4.98 Å². The van der Waals surface area contributed by atoms with E-state index >= 15 is 0 Å². The van der Waals surface area contributed by atoms with Gasteiger partial charge in [0, 0.05) is 12.7 Å². The zero-order valence-corrected chi connectivity index (χ0v) is 12.6. The van der Waals surface area contributed by atoms with Gasteiger partial charge in [0.25, 0.3) is 5.91 Å². The molecule has 3 rings (SSSR count). The van der Waals surface area contributed by atoms with Gasteiger partial charge >= 0.3 is 5.92 Å². The minimum absolute atomic E-state index is 0.105. The van der Waals surface area contributed by atoms with Gasteiger partial charge in [-0.15, -0.1) is 0 Å². The minimum atomic E-state index is -3.59. The molecule has 0 N–H and O–H groups in total. The van der Waals surface area contributed by atoms with Crippen LogP contribution in [0.4, 0.5) is 8.78 Å². The van der Waals surface area contributed by atoms with E-state index in [1.807, 2.05) is 0 Å². The molecule has 1 saturated heterocycles. The predicted octanol–water partition coefficient (Wildman–Crippen LogP) is 2.65. The van der Waals surface area contributed by atoms with Crippen molar-refractivity contribution in [3.63, 3.8) is 0 Å². The molecule has 1 saturated carbocycles. The van der Waals surface area contributed by atoms with Crippen molar-refractivity contribution in [3.05, 3.63) is 29.6 Å². The van der Waals surface area contributed by atoms with Crippen molar-refractivity contribution in [2.45, 2.75) is 50.7 Å². The van der Waals surface area contributed by atoms with E-state index in [0.717, 1.165) is 25.7 Å². The number of hydrogen-bond acceptors (Lipinski definition) is 3. The summed E-state index contributed by atoms with van der Waals surface area (Å²) in [5, 5.41) is 0. The van der Waals surface area contributed by atoms with Crippen LogP contribution >= 0.6 is 0 Å². The quantitative estimate of drug-likeness (QED) is 0.843. The van der Waals surface area contributed by atoms with Crippen LogP contribution in [0.5, 0.6) is 0 Å². The van der Waals surface area contributed by atoms with Gasteiger partial charge in [-0.25, -0.2) is 0 Å². The Kier molecular flexibility index (Phi) is 4.12. The van der Waals surface area contributed by atoms with Crippen molar-refractivity contribution in [3.8, 4) is 0 Å². The van der Waals surface area contributed by atoms with Gasteiger partial charge in [0.05, 0.1) is 18.8 Å². The Hall–Kier alpha value is -1.56. The number of hydrogen-bond donors (Lipinski definition) is 0. The SMILES string of the molecule is Cc1cccnc1C(F)(F)C(=O)N1CCO[C@H]2CCCC[C@@H]21. The second-order valence-electron chi connectivity index (χ2n) is 6.00. The average molecular weight is 310 g/mol. The van der Waals surface area contributed by atoms with Gasteiger partial charge in [0.1, 0.15) is 5.69 Å². The lowest BCUT2D eigenvalue weighted by Crippen LogP contribution is -2.58. The van der Waals surface area contributed by atoms with Crippen molar-refractivity contribution in [1.29, 1.82) is 0 Å². The smallest absolute Gasteiger partial charge is 0.366 e. The fourth-order valence-corrected chi connectivity index (χ4v) is 3.44. The molecular weight excluding hydrogens is 290 g/mol. The van der Waals surface area contributed by atoms with Crippen LogP contribution in [0.1, 0.15) is 36.9 Å². The summed E-state index contributed by atoms with van der Waals surface area (Å²) in [6.45, 7) is 2.10. The van der Waals surface area contributed by atoms with Gasteiger partial charge in [-0.1, -0.05) is 18.9 Å². The van der Waals surface area contributed by atoms with Crippen LogP contribution in [-0.2, 0) is 15.5 Å². The van der Waals surface area contributed by atoms with Crippen molar-refractivity contribution in [2.75, 3.05) is 13.2 Å². The highest BCUT2D eigenvalue weighted by Crippen LogP contribution is 2.35. The fourth-order valence-electron chi connectivity index (χ4n) is 3.44. The normalized spacial score (nSPS) is 25.7. The second-order valence-corrected chi connectivity index (χ2v) is 6.00. The fraction of sp³-hybridized carbons (Fsp3) is 0.625. The predicted molar refractivity (Wildman–Crippen MR) is 76.6 cm³/mol. The Morgan fingerprint density at radius 3 is 2.95 bits per heavy atom. The Morgan fingerprint density at radius 1 is 1.41 bits per heavy atom. The number of carbonyl (C=O) groups is 1. The zero-order chi connectivity index (χ0) is 15.7. The summed E-state index contributed by atoms with van der Waals surface area (Å²) in [6, 6.07) is 2.90. The number of amides is 1. The molecule has 1 aromatic rings. The van der Waals surface area contributed by atoms with Crippen LogP contribution in [0.15, 0.2) is 18.3 Å². The minimum Gasteiger partial charge on any atom is -0.374 e. The maximum atomic E-state index is 14.7. The van der Waals surface area contributed by atoms with Gasteiger partial charge in [-0.05, 0) is 31.4 Å². The number of carbonyl (C=O) groups excluding carboxylic acids is 1. The summed E-state index contributed by atoms with van der Waals surface area (Å²) in [4.78, 5) is 17.6. The van der Waals surface area contributed by atoms with Gasteiger partial charge in [-0.2, -0.15) is 8.78 Å². The topological polar surface area (TPSA) is 42.4 Å². The molecule has 1 aliphatic carbocycles. The largest absolute Gasteiger partial charge is 0.374 e. The molecule has 2 fully saturated rings. The molecule has 1 amide bonds. The van der Waals surface area contributed by atoms with Crippen LogP contribution in [0.2, 0.25) is 0 Å². The van der Waals surface area contributed by atoms with Crippen LogP contribution in [-0.4, -0.2) is 41.1 Å². The number of aryl methyl sites for hydroxylation is 1. The Labute approximate surface area is 128 Å². The number of rotatable bonds is 2. The number of halogens is 2. The first-order valence-corrected chi connectivity index (χ1v) is 7.74. The molecule has 0 aromatic carbocycles. The molecule has 0 unspecified atom stereocenters. The molecule has 1 aromatic heterocycles. The molecule has 6 heteroatoms. The van der Waals surface area contributed by atoms with Crippen molar-refractivity contribution < 1.29 is 18.3 Å². The van der Waals surface area contributed by atoms with E-state index in [-0.39, 0.29) is 18.7 Å². The maximum Gasteiger partial charge on any atom is 0.366 e. The Balaban J connectivity index is 1.87. The first kappa shape index (κ1) is 15.3. The molecule has 2 heterocycles. The van der Waals surface area contributed by atoms with Gasteiger partial charge in [-0.3, -0.25) is 9.78 Å². The molecule has 1 aliphatic heterocycles. The van der Waals surface area contributed by atoms with E-state index in [1.165, 1.54) is 11.1 Å². The van der Waals surface area contributed by atoms with Crippen LogP contribution in [0, 0.1) is 6.92 Å². The first-order valence-electron chi connectivity index (χ1n) is 7.74. The van der Waals surface area contributed by atoms with Gasteiger partial charge < -0.3 is 9.64 Å². The Morgan fingerprint density at radius 2 is 2.18 bits per heavy atom. The van der Waals surface area contributed by atoms with Crippen LogP contribution < -0.4 is 0 Å². The molecule has 2 aliphatic rings. The van der Waals surface area contributed by atoms with Crippen molar-refractivity contribution in [2.24, 2.45) is 0 Å². The standard InChI is InChI=1S/C16H20F2N2O2/c1-11-5-4-8-19-14(11)16(17,18)15(21)20-9-10-22-13-7-3-2-6-12(13)20/h4-5,8,12-13H,2-3,6-7,9-10H2,1H3/t12-,13-/m0/s1. The third-order valence-electron chi connectivity index (χ3n) is 4.57. The lowest BCUT2D eigenvalue weighted by atomic mass is 9.89. The van der Waals surface area contributed by atoms with Gasteiger partial charge in [0.15, 0.2) is 0 Å². The molecule has 4 nitrogen and oxygen atoms in total. The summed E-state index contributed by atoms with van der Waals surface area (Å²) in [5.74, 6) is -4.74. The Bertz CT molecular complexity index is 563. The molecule has 2 atom stereocenters. The summed E-state index contributed by atoms with van der Waals surface area (Å²) < 4.78 is 35.0. The third kappa shape index (κ3) is 2.60. The van der Waals surface area contributed by atoms with Crippen molar-refractivity contribution in [1.82, 2.24) is 9.88 Å². The maximum absolute atomic E-state index is 14.7. The monoisotopic (exact) mass is 310 g/mol. The van der Waals surface area contributed by atoms with Gasteiger partial charge in [0.2, 0.25) is 0 Å². The molecule has 22 heavy (non-hydrogen) atoms. The molecule has 0 radical (unpaired) electrons. The first-order chi connectivity index (χ1) is 10.5. The number of fused-ring (bicyclic) bond motifs is 1. The number of pyridine rings is 1. The zero-order valence-electron chi connectivity index (χ0n) is 12.6. The summed E-state index contributed by atoms with van der Waals surface area (Å²) >= 11 is 0. The molecule has 0 bridgehead atoms. The van der Waals surface area contributed by atoms with E-state index < -0.39 is 17.5 Å². The molecular formula is C16H20F2N2O2. The average Bonchev–Trinajstić information content (AvgIpc) is 2.54. The van der Waals surface area contributed by atoms with Crippen molar-refractivity contribution >= 4 is 5.91 Å². The van der Waals surface area contributed by atoms with E-state index in [0.29, 0.717) is 12.2 Å². The van der Waals surface area contributed by atoms with Crippen LogP contribution in [0.3, 0.4) is 0 Å². The summed E-state index contributed by atoms with van der Waals surface area (Å²) in [6.07, 6.45) is 4.73. The van der Waals surface area contributed by atoms with Crippen LogP contribution in [0.25, 0.3) is 0 Å². The highest BCUT2D eigenvalue weighted by molar-refractivity contribution is 5.85. The van der Waals surface area contributed by atoms with E-state index in [4.69, 9.17) is 4.74 Å². The molecule has 120 valence electrons. The highest BCUT2D eigenvalue weighted by atomic mass is 19.3. The summed E-state index contributed by atoms with van der Waals surface area (Å²) in [7, 11) is 0. The lowest BCUT2D eigenvalue weighted by Gasteiger charge is -2.44. The molecule has 0 spiro atoms. The van der Waals surface area contributed by atoms with E-state index in [1.54, 1.807) is 19.1 Å². The highest BCUT2D eigenvalue weighted by Gasteiger charge is 2.50. The third-order valence-corrected chi connectivity index (χ3v) is 4.57. The number of morpholine rings is 1. The second kappa shape index (κ2) is 5.91. The number of nitrogens with zero attached hydrogens (tertiary/aromatic N) is 2. The number of aromatic nitrogens is 1.